The van der Waals surface area contributed by atoms with Crippen LogP contribution in [-0.2, 0) is 9.59 Å². The van der Waals surface area contributed by atoms with Gasteiger partial charge in [0, 0.05) is 18.5 Å². The smallest absolute Gasteiger partial charge is 0.328 e. The van der Waals surface area contributed by atoms with Crippen LogP contribution in [0.4, 0.5) is 0 Å². The van der Waals surface area contributed by atoms with Gasteiger partial charge in [-0.05, 0) is 63.5 Å². The number of carboxylic acids is 1. The zero-order valence-electron chi connectivity index (χ0n) is 20.1. The maximum absolute atomic E-state index is 12.0. The molecule has 0 aromatic rings. The van der Waals surface area contributed by atoms with E-state index in [1.54, 1.807) is 12.2 Å². The summed E-state index contributed by atoms with van der Waals surface area (Å²) in [5.41, 5.74) is 15.4. The van der Waals surface area contributed by atoms with Crippen molar-refractivity contribution in [1.29, 1.82) is 0 Å². The SMILES string of the molecule is CCCCC[C@H](O)CC[C@H]1C=CC(=O)[C@@H]1CCC=CC=CC(=O)O.NCCCCN=C(N)N. The number of carbonyl (C=O) groups is 2. The minimum absolute atomic E-state index is 0.000875. The molecule has 0 aliphatic heterocycles. The zero-order chi connectivity index (χ0) is 24.9. The van der Waals surface area contributed by atoms with E-state index in [0.717, 1.165) is 70.3 Å². The highest BCUT2D eigenvalue weighted by Gasteiger charge is 2.29. The van der Waals surface area contributed by atoms with Crippen molar-refractivity contribution in [3.05, 3.63) is 36.5 Å². The van der Waals surface area contributed by atoms with Gasteiger partial charge in [0.1, 0.15) is 0 Å². The number of allylic oxidation sites excluding steroid dienone is 5. The van der Waals surface area contributed by atoms with Gasteiger partial charge in [-0.1, -0.05) is 50.5 Å². The largest absolute Gasteiger partial charge is 0.478 e. The molecule has 0 saturated carbocycles. The van der Waals surface area contributed by atoms with Gasteiger partial charge in [0.15, 0.2) is 11.7 Å². The van der Waals surface area contributed by atoms with Crippen LogP contribution < -0.4 is 17.2 Å². The van der Waals surface area contributed by atoms with Gasteiger partial charge >= 0.3 is 5.97 Å². The van der Waals surface area contributed by atoms with Crippen LogP contribution in [0.25, 0.3) is 0 Å². The number of hydrogen-bond acceptors (Lipinski definition) is 5. The van der Waals surface area contributed by atoms with E-state index in [2.05, 4.69) is 11.9 Å². The lowest BCUT2D eigenvalue weighted by molar-refractivity contribution is -0.131. The summed E-state index contributed by atoms with van der Waals surface area (Å²) in [5.74, 6) is -0.406. The van der Waals surface area contributed by atoms with Crippen LogP contribution in [0.1, 0.15) is 71.1 Å². The molecule has 1 aliphatic rings. The highest BCUT2D eigenvalue weighted by molar-refractivity contribution is 5.94. The Kier molecular flexibility index (Phi) is 18.7. The molecule has 188 valence electrons. The van der Waals surface area contributed by atoms with Crippen LogP contribution in [0.15, 0.2) is 41.4 Å². The standard InChI is InChI=1S/C20H30O4.C5H14N4/c1-2-3-6-9-17(21)14-12-16-13-15-19(22)18(16)10-7-4-5-8-11-20(23)24;6-3-1-2-4-9-5(7)8/h4-5,8,11,13,15-18,21H,2-3,6-7,9-10,12,14H2,1H3,(H,23,24);1-4,6H2,(H4,7,8,9)/t16-,17-,18+;/m0./s1. The maximum atomic E-state index is 12.0. The summed E-state index contributed by atoms with van der Waals surface area (Å²) in [5, 5.41) is 18.5. The Morgan fingerprint density at radius 3 is 2.55 bits per heavy atom. The lowest BCUT2D eigenvalue weighted by atomic mass is 9.86. The molecular formula is C25H44N4O4. The molecule has 0 radical (unpaired) electrons. The first-order chi connectivity index (χ1) is 15.8. The average molecular weight is 465 g/mol. The summed E-state index contributed by atoms with van der Waals surface area (Å²) < 4.78 is 0. The van der Waals surface area contributed by atoms with E-state index in [1.807, 2.05) is 12.2 Å². The highest BCUT2D eigenvalue weighted by Crippen LogP contribution is 2.31. The molecule has 0 spiro atoms. The third-order valence-corrected chi connectivity index (χ3v) is 5.40. The molecule has 8 nitrogen and oxygen atoms in total. The number of hydrogen-bond donors (Lipinski definition) is 5. The molecule has 0 fully saturated rings. The molecule has 1 rings (SSSR count). The van der Waals surface area contributed by atoms with Gasteiger partial charge < -0.3 is 27.4 Å². The average Bonchev–Trinajstić information content (AvgIpc) is 3.12. The summed E-state index contributed by atoms with van der Waals surface area (Å²) in [7, 11) is 0. The number of aliphatic imine (C=N–C) groups is 1. The topological polar surface area (TPSA) is 165 Å². The molecule has 0 unspecified atom stereocenters. The monoisotopic (exact) mass is 464 g/mol. The van der Waals surface area contributed by atoms with Gasteiger partial charge in [-0.15, -0.1) is 0 Å². The number of ketones is 1. The Labute approximate surface area is 198 Å². The third-order valence-electron chi connectivity index (χ3n) is 5.40. The van der Waals surface area contributed by atoms with Crippen LogP contribution in [0, 0.1) is 11.8 Å². The summed E-state index contributed by atoms with van der Waals surface area (Å²) in [6.07, 6.45) is 18.8. The molecule has 8 N–H and O–H groups in total. The van der Waals surface area contributed by atoms with Crippen molar-refractivity contribution in [1.82, 2.24) is 0 Å². The van der Waals surface area contributed by atoms with Crippen molar-refractivity contribution in [3.63, 3.8) is 0 Å². The van der Waals surface area contributed by atoms with E-state index in [0.29, 0.717) is 13.1 Å². The van der Waals surface area contributed by atoms with E-state index in [-0.39, 0.29) is 29.7 Å². The van der Waals surface area contributed by atoms with Gasteiger partial charge in [-0.2, -0.15) is 0 Å². The lowest BCUT2D eigenvalue weighted by Crippen LogP contribution is -2.23. The van der Waals surface area contributed by atoms with Crippen LogP contribution in [0.2, 0.25) is 0 Å². The number of rotatable bonds is 16. The fraction of sp³-hybridized carbons (Fsp3) is 0.640. The van der Waals surface area contributed by atoms with Crippen LogP contribution in [-0.4, -0.2) is 47.1 Å². The molecular weight excluding hydrogens is 420 g/mol. The lowest BCUT2D eigenvalue weighted by Gasteiger charge is -2.19. The van der Waals surface area contributed by atoms with Crippen molar-refractivity contribution in [2.24, 2.45) is 34.0 Å². The molecule has 8 heteroatoms. The Morgan fingerprint density at radius 2 is 1.91 bits per heavy atom. The molecule has 0 saturated heterocycles. The molecule has 3 atom stereocenters. The summed E-state index contributed by atoms with van der Waals surface area (Å²) in [4.78, 5) is 26.1. The number of guanidine groups is 1. The zero-order valence-corrected chi connectivity index (χ0v) is 20.1. The van der Waals surface area contributed by atoms with Crippen molar-refractivity contribution < 1.29 is 19.8 Å². The maximum Gasteiger partial charge on any atom is 0.328 e. The van der Waals surface area contributed by atoms with Crippen LogP contribution in [0.5, 0.6) is 0 Å². The van der Waals surface area contributed by atoms with Crippen LogP contribution >= 0.6 is 0 Å². The fourth-order valence-electron chi connectivity index (χ4n) is 3.55. The second-order valence-corrected chi connectivity index (χ2v) is 8.26. The summed E-state index contributed by atoms with van der Waals surface area (Å²) >= 11 is 0. The van der Waals surface area contributed by atoms with E-state index < -0.39 is 5.97 Å². The second-order valence-electron chi connectivity index (χ2n) is 8.26. The fourth-order valence-corrected chi connectivity index (χ4v) is 3.55. The summed E-state index contributed by atoms with van der Waals surface area (Å²) in [6, 6.07) is 0. The Hall–Kier alpha value is -2.45. The first-order valence-corrected chi connectivity index (χ1v) is 12.0. The molecule has 0 heterocycles. The highest BCUT2D eigenvalue weighted by atomic mass is 16.4. The summed E-state index contributed by atoms with van der Waals surface area (Å²) in [6.45, 7) is 3.55. The van der Waals surface area contributed by atoms with E-state index in [1.165, 1.54) is 6.08 Å². The first-order valence-electron chi connectivity index (χ1n) is 12.0. The van der Waals surface area contributed by atoms with Gasteiger partial charge in [0.25, 0.3) is 0 Å². The first kappa shape index (κ1) is 30.6. The molecule has 1 aliphatic carbocycles. The number of aliphatic hydroxyl groups excluding tert-OH is 1. The van der Waals surface area contributed by atoms with Crippen molar-refractivity contribution >= 4 is 17.7 Å². The minimum Gasteiger partial charge on any atom is -0.478 e. The number of aliphatic carboxylic acids is 1. The Balaban J connectivity index is 0.000000960. The van der Waals surface area contributed by atoms with E-state index >= 15 is 0 Å². The molecule has 0 amide bonds. The van der Waals surface area contributed by atoms with E-state index in [9.17, 15) is 14.7 Å². The van der Waals surface area contributed by atoms with Crippen molar-refractivity contribution in [2.45, 2.75) is 77.2 Å². The minimum atomic E-state index is -0.965. The number of nitrogens with two attached hydrogens (primary N) is 3. The quantitative estimate of drug-likeness (QED) is 0.0769. The Bertz CT molecular complexity index is 655. The van der Waals surface area contributed by atoms with Gasteiger partial charge in [0.05, 0.1) is 6.10 Å². The Morgan fingerprint density at radius 1 is 1.15 bits per heavy atom. The van der Waals surface area contributed by atoms with Crippen LogP contribution in [0.3, 0.4) is 0 Å². The molecule has 0 aromatic heterocycles. The van der Waals surface area contributed by atoms with Crippen molar-refractivity contribution in [2.75, 3.05) is 13.1 Å². The number of aliphatic hydroxyl groups is 1. The number of nitrogens with zero attached hydrogens (tertiary/aromatic N) is 1. The molecule has 0 bridgehead atoms. The molecule has 0 aromatic carbocycles. The normalized spacial score (nSPS) is 18.5. The number of carboxylic acid groups (broad SMARTS) is 1. The van der Waals surface area contributed by atoms with Gasteiger partial charge in [0.2, 0.25) is 0 Å². The third kappa shape index (κ3) is 17.7. The predicted octanol–water partition coefficient (Wildman–Crippen LogP) is 3.06. The van der Waals surface area contributed by atoms with E-state index in [4.69, 9.17) is 22.3 Å². The second kappa shape index (κ2) is 20.2. The molecule has 33 heavy (non-hydrogen) atoms. The van der Waals surface area contributed by atoms with Gasteiger partial charge in [-0.25, -0.2) is 4.79 Å². The van der Waals surface area contributed by atoms with Gasteiger partial charge in [-0.3, -0.25) is 9.79 Å². The number of carbonyl (C=O) groups excluding carboxylic acids is 1. The number of unbranched alkanes of at least 4 members (excludes halogenated alkanes) is 3. The van der Waals surface area contributed by atoms with Crippen molar-refractivity contribution in [3.8, 4) is 0 Å². The predicted molar refractivity (Wildman–Crippen MR) is 135 cm³/mol.